The van der Waals surface area contributed by atoms with Gasteiger partial charge in [-0.15, -0.1) is 12.4 Å². The van der Waals surface area contributed by atoms with Crippen molar-refractivity contribution in [2.75, 3.05) is 26.7 Å². The number of likely N-dealkylation sites (tertiary alicyclic amines) is 2. The van der Waals surface area contributed by atoms with Crippen LogP contribution in [0.2, 0.25) is 0 Å². The van der Waals surface area contributed by atoms with Gasteiger partial charge in [0.25, 0.3) is 0 Å². The van der Waals surface area contributed by atoms with E-state index in [0.29, 0.717) is 19.6 Å². The van der Waals surface area contributed by atoms with E-state index in [-0.39, 0.29) is 48.6 Å². The van der Waals surface area contributed by atoms with Gasteiger partial charge in [0, 0.05) is 32.1 Å². The largest absolute Gasteiger partial charge is 0.497 e. The Kier molecular flexibility index (Phi) is 7.50. The van der Waals surface area contributed by atoms with Crippen LogP contribution < -0.4 is 10.5 Å². The molecule has 6 nitrogen and oxygen atoms in total. The highest BCUT2D eigenvalue weighted by Gasteiger charge is 2.46. The van der Waals surface area contributed by atoms with Gasteiger partial charge in [0.1, 0.15) is 5.75 Å². The summed E-state index contributed by atoms with van der Waals surface area (Å²) in [4.78, 5) is 29.5. The van der Waals surface area contributed by atoms with Crippen molar-refractivity contribution in [1.29, 1.82) is 0 Å². The zero-order valence-corrected chi connectivity index (χ0v) is 16.9. The molecule has 2 amide bonds. The van der Waals surface area contributed by atoms with Crippen LogP contribution in [0.3, 0.4) is 0 Å². The molecule has 2 unspecified atom stereocenters. The number of amides is 2. The highest BCUT2D eigenvalue weighted by Crippen LogP contribution is 2.40. The molecule has 1 aromatic carbocycles. The van der Waals surface area contributed by atoms with E-state index in [1.165, 1.54) is 0 Å². The molecule has 2 saturated heterocycles. The minimum Gasteiger partial charge on any atom is -0.497 e. The number of hydrogen-bond donors (Lipinski definition) is 1. The van der Waals surface area contributed by atoms with Crippen LogP contribution in [0.4, 0.5) is 0 Å². The van der Waals surface area contributed by atoms with Crippen molar-refractivity contribution in [3.05, 3.63) is 29.8 Å². The van der Waals surface area contributed by atoms with Gasteiger partial charge in [0.05, 0.1) is 19.1 Å². The lowest BCUT2D eigenvalue weighted by molar-refractivity contribution is -0.135. The average molecular weight is 396 g/mol. The zero-order valence-electron chi connectivity index (χ0n) is 16.1. The summed E-state index contributed by atoms with van der Waals surface area (Å²) in [6.45, 7) is 4.08. The molecule has 0 aliphatic carbocycles. The van der Waals surface area contributed by atoms with E-state index in [9.17, 15) is 9.59 Å². The third-order valence-corrected chi connectivity index (χ3v) is 5.50. The second kappa shape index (κ2) is 9.42. The van der Waals surface area contributed by atoms with Gasteiger partial charge in [-0.25, -0.2) is 0 Å². The van der Waals surface area contributed by atoms with Gasteiger partial charge in [0.2, 0.25) is 11.8 Å². The fourth-order valence-corrected chi connectivity index (χ4v) is 4.04. The number of methoxy groups -OCH3 is 1. The lowest BCUT2D eigenvalue weighted by Crippen LogP contribution is -2.39. The lowest BCUT2D eigenvalue weighted by Gasteiger charge is -2.30. The second-order valence-electron chi connectivity index (χ2n) is 7.30. The minimum absolute atomic E-state index is 0. The molecule has 0 bridgehead atoms. The molecule has 2 heterocycles. The van der Waals surface area contributed by atoms with Crippen molar-refractivity contribution >= 4 is 24.2 Å². The summed E-state index contributed by atoms with van der Waals surface area (Å²) in [5, 5.41) is 0. The van der Waals surface area contributed by atoms with Gasteiger partial charge in [-0.1, -0.05) is 25.5 Å². The third-order valence-electron chi connectivity index (χ3n) is 5.50. The number of benzene rings is 1. The third kappa shape index (κ3) is 4.55. The molecule has 7 heteroatoms. The van der Waals surface area contributed by atoms with Crippen LogP contribution >= 0.6 is 12.4 Å². The second-order valence-corrected chi connectivity index (χ2v) is 7.30. The number of halogens is 1. The lowest BCUT2D eigenvalue weighted by atomic mass is 9.92. The Morgan fingerprint density at radius 1 is 1.30 bits per heavy atom. The summed E-state index contributed by atoms with van der Waals surface area (Å²) in [7, 11) is 1.63. The maximum Gasteiger partial charge on any atom is 0.228 e. The molecule has 0 radical (unpaired) electrons. The molecule has 2 N–H and O–H groups in total. The molecule has 2 fully saturated rings. The summed E-state index contributed by atoms with van der Waals surface area (Å²) >= 11 is 0. The number of hydrogen-bond acceptors (Lipinski definition) is 4. The first-order valence-electron chi connectivity index (χ1n) is 9.53. The molecule has 0 spiro atoms. The number of nitrogens with two attached hydrogens (primary N) is 1. The highest BCUT2D eigenvalue weighted by atomic mass is 35.5. The first kappa shape index (κ1) is 21.5. The van der Waals surface area contributed by atoms with Crippen LogP contribution in [0, 0.1) is 5.92 Å². The molecule has 3 rings (SSSR count). The Morgan fingerprint density at radius 2 is 2.00 bits per heavy atom. The van der Waals surface area contributed by atoms with Crippen LogP contribution in [0.25, 0.3) is 0 Å². The summed E-state index contributed by atoms with van der Waals surface area (Å²) in [5.74, 6) is 0.567. The van der Waals surface area contributed by atoms with E-state index in [1.54, 1.807) is 7.11 Å². The summed E-state index contributed by atoms with van der Waals surface area (Å²) in [6, 6.07) is 7.57. The summed E-state index contributed by atoms with van der Waals surface area (Å²) in [6.07, 6.45) is 3.07. The van der Waals surface area contributed by atoms with E-state index < -0.39 is 0 Å². The molecule has 150 valence electrons. The van der Waals surface area contributed by atoms with Gasteiger partial charge in [-0.2, -0.15) is 0 Å². The number of unbranched alkanes of at least 4 members (excludes halogenated alkanes) is 1. The van der Waals surface area contributed by atoms with Crippen molar-refractivity contribution < 1.29 is 14.3 Å². The van der Waals surface area contributed by atoms with E-state index >= 15 is 0 Å². The summed E-state index contributed by atoms with van der Waals surface area (Å²) in [5.41, 5.74) is 6.97. The Bertz CT molecular complexity index is 652. The van der Waals surface area contributed by atoms with Crippen LogP contribution in [0.15, 0.2) is 24.3 Å². The maximum atomic E-state index is 13.1. The first-order chi connectivity index (χ1) is 12.5. The maximum absolute atomic E-state index is 13.1. The first-order valence-corrected chi connectivity index (χ1v) is 9.53. The van der Waals surface area contributed by atoms with E-state index in [2.05, 4.69) is 6.92 Å². The molecule has 2 aliphatic heterocycles. The molecule has 0 saturated carbocycles. The van der Waals surface area contributed by atoms with Gasteiger partial charge < -0.3 is 20.3 Å². The predicted molar refractivity (Wildman–Crippen MR) is 107 cm³/mol. The summed E-state index contributed by atoms with van der Waals surface area (Å²) < 4.78 is 5.24. The van der Waals surface area contributed by atoms with Crippen molar-refractivity contribution in [1.82, 2.24) is 9.80 Å². The molecule has 27 heavy (non-hydrogen) atoms. The predicted octanol–water partition coefficient (Wildman–Crippen LogP) is 2.37. The van der Waals surface area contributed by atoms with E-state index in [1.807, 2.05) is 34.1 Å². The molecule has 2 aliphatic rings. The standard InChI is InChI=1S/C20H29N3O3.ClH/c1-3-4-10-23-18(24)12-17(20(25)22-11-9-15(21)13-22)19(23)14-5-7-16(26-2)8-6-14;/h5-8,15,17,19H,3-4,9-13,21H2,1-2H3;1H/t15-,17?,19?;/m1./s1. The van der Waals surface area contributed by atoms with Crippen molar-refractivity contribution in [3.8, 4) is 5.75 Å². The normalized spacial score (nSPS) is 24.9. The Labute approximate surface area is 167 Å². The molecular formula is C20H30ClN3O3. The molecule has 3 atom stereocenters. The quantitative estimate of drug-likeness (QED) is 0.802. The van der Waals surface area contributed by atoms with Crippen LogP contribution in [-0.4, -0.2) is 54.4 Å². The van der Waals surface area contributed by atoms with Gasteiger partial charge in [-0.3, -0.25) is 9.59 Å². The van der Waals surface area contributed by atoms with Crippen LogP contribution in [0.5, 0.6) is 5.75 Å². The number of ether oxygens (including phenoxy) is 1. The van der Waals surface area contributed by atoms with E-state index in [4.69, 9.17) is 10.5 Å². The molecular weight excluding hydrogens is 366 g/mol. The number of rotatable bonds is 6. The number of carbonyl (C=O) groups excluding carboxylic acids is 2. The smallest absolute Gasteiger partial charge is 0.228 e. The van der Waals surface area contributed by atoms with Gasteiger partial charge >= 0.3 is 0 Å². The number of nitrogens with zero attached hydrogens (tertiary/aromatic N) is 2. The Balaban J connectivity index is 0.00000261. The highest BCUT2D eigenvalue weighted by molar-refractivity contribution is 5.90. The SMILES string of the molecule is CCCCN1C(=O)CC(C(=O)N2CC[C@@H](N)C2)C1c1ccc(OC)cc1.Cl. The zero-order chi connectivity index (χ0) is 18.7. The Morgan fingerprint density at radius 3 is 2.56 bits per heavy atom. The van der Waals surface area contributed by atoms with Crippen molar-refractivity contribution in [3.63, 3.8) is 0 Å². The molecule has 1 aromatic rings. The van der Waals surface area contributed by atoms with Crippen molar-refractivity contribution in [2.45, 2.75) is 44.7 Å². The minimum atomic E-state index is -0.335. The topological polar surface area (TPSA) is 75.9 Å². The van der Waals surface area contributed by atoms with E-state index in [0.717, 1.165) is 30.6 Å². The number of carbonyl (C=O) groups is 2. The van der Waals surface area contributed by atoms with Gasteiger partial charge in [0.15, 0.2) is 0 Å². The Hall–Kier alpha value is -1.79. The van der Waals surface area contributed by atoms with Gasteiger partial charge in [-0.05, 0) is 30.5 Å². The molecule has 0 aromatic heterocycles. The van der Waals surface area contributed by atoms with Crippen LogP contribution in [0.1, 0.15) is 44.2 Å². The van der Waals surface area contributed by atoms with Crippen molar-refractivity contribution in [2.24, 2.45) is 11.7 Å². The monoisotopic (exact) mass is 395 g/mol. The fourth-order valence-electron chi connectivity index (χ4n) is 4.04. The van der Waals surface area contributed by atoms with Crippen LogP contribution in [-0.2, 0) is 9.59 Å². The average Bonchev–Trinajstić information content (AvgIpc) is 3.23. The fraction of sp³-hybridized carbons (Fsp3) is 0.600.